The number of aryl methyl sites for hydroxylation is 1. The van der Waals surface area contributed by atoms with Gasteiger partial charge in [-0.2, -0.15) is 0 Å². The number of nitrogens with one attached hydrogen (secondary N) is 1. The number of piperidine rings is 1. The van der Waals surface area contributed by atoms with Crippen LogP contribution < -0.4 is 10.1 Å². The molecule has 4 bridgehead atoms. The van der Waals surface area contributed by atoms with Crippen molar-refractivity contribution in [2.24, 2.45) is 17.3 Å². The monoisotopic (exact) mass is 542 g/mol. The fourth-order valence-corrected chi connectivity index (χ4v) is 10.4. The van der Waals surface area contributed by atoms with Gasteiger partial charge in [-0.15, -0.1) is 0 Å². The molecule has 2 heterocycles. The van der Waals surface area contributed by atoms with Gasteiger partial charge < -0.3 is 14.6 Å². The zero-order chi connectivity index (χ0) is 27.4. The summed E-state index contributed by atoms with van der Waals surface area (Å²) in [5.74, 6) is 1.24. The van der Waals surface area contributed by atoms with Crippen LogP contribution >= 0.6 is 0 Å². The number of hydrogen-bond acceptors (Lipinski definition) is 5. The Morgan fingerprint density at radius 2 is 1.98 bits per heavy atom. The molecular weight excluding hydrogens is 500 g/mol. The first-order valence-corrected chi connectivity index (χ1v) is 15.5. The minimum atomic E-state index is -0.821. The second-order valence-electron chi connectivity index (χ2n) is 13.9. The van der Waals surface area contributed by atoms with Crippen molar-refractivity contribution >= 4 is 5.97 Å². The van der Waals surface area contributed by atoms with Crippen molar-refractivity contribution < 1.29 is 19.4 Å². The van der Waals surface area contributed by atoms with Gasteiger partial charge in [-0.1, -0.05) is 42.5 Å². The van der Waals surface area contributed by atoms with Crippen molar-refractivity contribution in [3.8, 4) is 5.75 Å². The molecule has 2 aromatic rings. The van der Waals surface area contributed by atoms with Crippen LogP contribution in [0.5, 0.6) is 5.75 Å². The van der Waals surface area contributed by atoms with E-state index in [9.17, 15) is 9.90 Å². The second-order valence-corrected chi connectivity index (χ2v) is 13.9. The van der Waals surface area contributed by atoms with E-state index in [0.29, 0.717) is 6.04 Å². The molecule has 6 nitrogen and oxygen atoms in total. The fourth-order valence-electron chi connectivity index (χ4n) is 10.4. The van der Waals surface area contributed by atoms with Crippen molar-refractivity contribution in [1.82, 2.24) is 10.2 Å². The topological polar surface area (TPSA) is 71.0 Å². The quantitative estimate of drug-likeness (QED) is 0.488. The molecule has 2 aliphatic heterocycles. The van der Waals surface area contributed by atoms with E-state index in [1.165, 1.54) is 36.1 Å². The standard InChI is InChI=1S/C34H42N2O4/c1-20-9-12-24-17-26-32-13-14-34(39-3,25(18-32)28(35-21(2)30(37)38)23-7-5-4-6-8-23)31-33(32,27(24)29(20)40-31)15-16-36(26)19-22-10-11-22/h4-9,12,21-22,25-26,28,31,35H,10-11,13-19H2,1-3H3,(H,37,38)/t21?,25-,26-,28?,31-,32-,33+,34-/m1/s1. The molecule has 212 valence electrons. The lowest BCUT2D eigenvalue weighted by Gasteiger charge is -2.74. The van der Waals surface area contributed by atoms with Crippen LogP contribution in [0.1, 0.15) is 73.7 Å². The maximum atomic E-state index is 12.1. The maximum Gasteiger partial charge on any atom is 0.320 e. The lowest BCUT2D eigenvalue weighted by atomic mass is 9.34. The van der Waals surface area contributed by atoms with E-state index in [1.807, 2.05) is 13.2 Å². The third-order valence-corrected chi connectivity index (χ3v) is 12.3. The number of fused-ring (bicyclic) bond motifs is 2. The average Bonchev–Trinajstić information content (AvgIpc) is 3.71. The van der Waals surface area contributed by atoms with Gasteiger partial charge in [0.15, 0.2) is 0 Å². The van der Waals surface area contributed by atoms with Gasteiger partial charge in [0.1, 0.15) is 23.5 Å². The van der Waals surface area contributed by atoms with Gasteiger partial charge in [-0.3, -0.25) is 15.0 Å². The summed E-state index contributed by atoms with van der Waals surface area (Å²) in [5, 5.41) is 13.5. The molecule has 2 aromatic carbocycles. The van der Waals surface area contributed by atoms with Crippen LogP contribution in [0.2, 0.25) is 0 Å². The normalized spacial score (nSPS) is 38.4. The van der Waals surface area contributed by atoms with E-state index in [0.717, 1.165) is 55.9 Å². The molecular formula is C34H42N2O4. The second kappa shape index (κ2) is 8.56. The SMILES string of the molecule is CO[C@]12CC[C@@]3(C[C@@H]1C(NC(C)C(=O)O)c1ccccc1)[C@H]1Cc4ccc(C)c5c4[C@@]3(CCN1CC1CC1)[C@H]2O5. The van der Waals surface area contributed by atoms with E-state index in [4.69, 9.17) is 9.47 Å². The van der Waals surface area contributed by atoms with Crippen molar-refractivity contribution in [2.45, 2.75) is 94.0 Å². The molecule has 6 heteroatoms. The molecule has 4 saturated carbocycles. The predicted octanol–water partition coefficient (Wildman–Crippen LogP) is 5.02. The van der Waals surface area contributed by atoms with Crippen molar-refractivity contribution in [3.05, 3.63) is 64.7 Å². The van der Waals surface area contributed by atoms with Crippen LogP contribution in [0.4, 0.5) is 0 Å². The number of rotatable bonds is 8. The third kappa shape index (κ3) is 3.08. The number of hydrogen-bond donors (Lipinski definition) is 2. The first-order valence-electron chi connectivity index (χ1n) is 15.5. The first-order chi connectivity index (χ1) is 19.3. The Bertz CT molecular complexity index is 1360. The molecule has 0 radical (unpaired) electrons. The summed E-state index contributed by atoms with van der Waals surface area (Å²) < 4.78 is 14.0. The smallest absolute Gasteiger partial charge is 0.320 e. The lowest BCUT2D eigenvalue weighted by Crippen LogP contribution is -2.81. The molecule has 8 atom stereocenters. The van der Waals surface area contributed by atoms with Gasteiger partial charge in [-0.05, 0) is 87.9 Å². The van der Waals surface area contributed by atoms with Crippen molar-refractivity contribution in [2.75, 3.05) is 20.2 Å². The highest BCUT2D eigenvalue weighted by Crippen LogP contribution is 2.77. The maximum absolute atomic E-state index is 12.1. The summed E-state index contributed by atoms with van der Waals surface area (Å²) in [6, 6.07) is 14.8. The number of benzene rings is 2. The molecule has 1 saturated heterocycles. The van der Waals surface area contributed by atoms with Gasteiger partial charge in [0.25, 0.3) is 0 Å². The highest BCUT2D eigenvalue weighted by molar-refractivity contribution is 5.73. The third-order valence-electron chi connectivity index (χ3n) is 12.3. The van der Waals surface area contributed by atoms with E-state index >= 15 is 0 Å². The van der Waals surface area contributed by atoms with Crippen LogP contribution in [0, 0.1) is 24.2 Å². The largest absolute Gasteiger partial charge is 0.486 e. The van der Waals surface area contributed by atoms with Crippen LogP contribution in [0.15, 0.2) is 42.5 Å². The van der Waals surface area contributed by atoms with Crippen LogP contribution in [0.3, 0.4) is 0 Å². The summed E-state index contributed by atoms with van der Waals surface area (Å²) in [4.78, 5) is 15.0. The summed E-state index contributed by atoms with van der Waals surface area (Å²) in [6.45, 7) is 6.32. The summed E-state index contributed by atoms with van der Waals surface area (Å²) >= 11 is 0. The molecule has 5 fully saturated rings. The molecule has 40 heavy (non-hydrogen) atoms. The number of methoxy groups -OCH3 is 1. The number of carboxylic acids is 1. The Balaban J connectivity index is 1.32. The van der Waals surface area contributed by atoms with Gasteiger partial charge in [-0.25, -0.2) is 0 Å². The molecule has 0 amide bonds. The molecule has 2 spiro atoms. The van der Waals surface area contributed by atoms with Crippen molar-refractivity contribution in [3.63, 3.8) is 0 Å². The van der Waals surface area contributed by atoms with Crippen LogP contribution in [-0.4, -0.2) is 60.0 Å². The van der Waals surface area contributed by atoms with Crippen molar-refractivity contribution in [1.29, 1.82) is 0 Å². The number of likely N-dealkylation sites (tertiary alicyclic amines) is 1. The van der Waals surface area contributed by atoms with Gasteiger partial charge >= 0.3 is 5.97 Å². The zero-order valence-corrected chi connectivity index (χ0v) is 24.0. The number of carboxylic acid groups (broad SMARTS) is 1. The molecule has 0 aromatic heterocycles. The Labute approximate surface area is 237 Å². The summed E-state index contributed by atoms with van der Waals surface area (Å²) in [6.07, 6.45) is 8.01. The number of nitrogens with zero attached hydrogens (tertiary/aromatic N) is 1. The minimum Gasteiger partial charge on any atom is -0.486 e. The molecule has 2 N–H and O–H groups in total. The van der Waals surface area contributed by atoms with E-state index in [2.05, 4.69) is 53.5 Å². The Hall–Kier alpha value is -2.41. The van der Waals surface area contributed by atoms with E-state index < -0.39 is 17.6 Å². The first kappa shape index (κ1) is 25.3. The molecule has 9 rings (SSSR count). The number of ether oxygens (including phenoxy) is 2. The highest BCUT2D eigenvalue weighted by Gasteiger charge is 2.81. The molecule has 7 aliphatic rings. The highest BCUT2D eigenvalue weighted by atomic mass is 16.6. The summed E-state index contributed by atoms with van der Waals surface area (Å²) in [5.41, 5.74) is 4.90. The minimum absolute atomic E-state index is 0.0446. The molecule has 2 unspecified atom stereocenters. The fraction of sp³-hybridized carbons (Fsp3) is 0.618. The van der Waals surface area contributed by atoms with E-state index in [-0.39, 0.29) is 28.9 Å². The van der Waals surface area contributed by atoms with Gasteiger partial charge in [0.05, 0.1) is 0 Å². The predicted molar refractivity (Wildman–Crippen MR) is 153 cm³/mol. The molecule has 5 aliphatic carbocycles. The Morgan fingerprint density at radius 3 is 2.70 bits per heavy atom. The van der Waals surface area contributed by atoms with E-state index in [1.54, 1.807) is 6.92 Å². The Morgan fingerprint density at radius 1 is 1.18 bits per heavy atom. The van der Waals surface area contributed by atoms with Crippen LogP contribution in [-0.2, 0) is 21.4 Å². The Kier molecular flexibility index (Phi) is 5.42. The zero-order valence-electron chi connectivity index (χ0n) is 24.0. The van der Waals surface area contributed by atoms with Gasteiger partial charge in [0, 0.05) is 48.0 Å². The number of aliphatic carboxylic acids is 1. The summed E-state index contributed by atoms with van der Waals surface area (Å²) in [7, 11) is 1.88. The average molecular weight is 543 g/mol. The van der Waals surface area contributed by atoms with Crippen LogP contribution in [0.25, 0.3) is 0 Å². The van der Waals surface area contributed by atoms with Gasteiger partial charge in [0.2, 0.25) is 0 Å². The lowest BCUT2D eigenvalue weighted by molar-refractivity contribution is -0.282. The number of carbonyl (C=O) groups is 1.